The van der Waals surface area contributed by atoms with Crippen molar-refractivity contribution in [2.45, 2.75) is 6.42 Å². The van der Waals surface area contributed by atoms with Gasteiger partial charge >= 0.3 is 0 Å². The van der Waals surface area contributed by atoms with Crippen LogP contribution in [0.25, 0.3) is 22.2 Å². The number of hydrogen-bond acceptors (Lipinski definition) is 2. The number of benzene rings is 1. The monoisotopic (exact) mass is 268 g/mol. The number of fused-ring (bicyclic) bond motifs is 1. The first kappa shape index (κ1) is 12.9. The normalized spacial score (nSPS) is 11.3. The van der Waals surface area contributed by atoms with Gasteiger partial charge in [0.2, 0.25) is 0 Å². The predicted octanol–water partition coefficient (Wildman–Crippen LogP) is 2.34. The molecule has 0 atom stereocenters. The van der Waals surface area contributed by atoms with Crippen LogP contribution in [0.15, 0.2) is 36.5 Å². The number of para-hydroxylation sites is 1. The molecule has 4 heteroatoms. The molecule has 0 fully saturated rings. The first-order valence-corrected chi connectivity index (χ1v) is 6.92. The van der Waals surface area contributed by atoms with E-state index in [0.717, 1.165) is 18.7 Å². The minimum absolute atomic E-state index is 0.950. The Labute approximate surface area is 119 Å². The molecule has 0 bridgehead atoms. The van der Waals surface area contributed by atoms with Gasteiger partial charge in [0.15, 0.2) is 0 Å². The first-order chi connectivity index (χ1) is 9.70. The third kappa shape index (κ3) is 2.12. The largest absolute Gasteiger partial charge is 0.350 e. The van der Waals surface area contributed by atoms with Crippen molar-refractivity contribution in [2.24, 2.45) is 14.1 Å². The maximum absolute atomic E-state index is 4.61. The summed E-state index contributed by atoms with van der Waals surface area (Å²) in [6, 6.07) is 10.7. The van der Waals surface area contributed by atoms with E-state index >= 15 is 0 Å². The van der Waals surface area contributed by atoms with Crippen LogP contribution in [0.5, 0.6) is 0 Å². The van der Waals surface area contributed by atoms with Crippen molar-refractivity contribution in [2.75, 3.05) is 13.6 Å². The summed E-state index contributed by atoms with van der Waals surface area (Å²) in [5.74, 6) is 0. The highest BCUT2D eigenvalue weighted by Gasteiger charge is 2.13. The summed E-state index contributed by atoms with van der Waals surface area (Å²) in [7, 11) is 6.07. The molecule has 1 aromatic carbocycles. The Balaban J connectivity index is 2.09. The highest BCUT2D eigenvalue weighted by molar-refractivity contribution is 5.95. The van der Waals surface area contributed by atoms with E-state index < -0.39 is 0 Å². The fraction of sp³-hybridized carbons (Fsp3) is 0.312. The fourth-order valence-electron chi connectivity index (χ4n) is 2.70. The van der Waals surface area contributed by atoms with Crippen molar-refractivity contribution >= 4 is 10.9 Å². The summed E-state index contributed by atoms with van der Waals surface area (Å²) >= 11 is 0. The number of nitrogens with one attached hydrogen (secondary N) is 1. The lowest BCUT2D eigenvalue weighted by molar-refractivity contribution is 0.720. The molecule has 0 radical (unpaired) electrons. The summed E-state index contributed by atoms with van der Waals surface area (Å²) in [6.07, 6.45) is 3.14. The molecule has 0 unspecified atom stereocenters. The van der Waals surface area contributed by atoms with Gasteiger partial charge in [-0.25, -0.2) is 0 Å². The third-order valence-corrected chi connectivity index (χ3v) is 3.73. The number of nitrogens with zero attached hydrogens (tertiary/aromatic N) is 3. The number of hydrogen-bond donors (Lipinski definition) is 1. The van der Waals surface area contributed by atoms with Crippen LogP contribution in [0.4, 0.5) is 0 Å². The van der Waals surface area contributed by atoms with E-state index in [4.69, 9.17) is 0 Å². The minimum atomic E-state index is 0.950. The smallest absolute Gasteiger partial charge is 0.0703 e. The molecule has 2 aromatic heterocycles. The first-order valence-electron chi connectivity index (χ1n) is 6.92. The molecule has 0 amide bonds. The Morgan fingerprint density at radius 1 is 1.20 bits per heavy atom. The topological polar surface area (TPSA) is 34.8 Å². The van der Waals surface area contributed by atoms with Gasteiger partial charge in [0.25, 0.3) is 0 Å². The molecule has 0 saturated heterocycles. The standard InChI is InChI=1S/C16H20N4/c1-17-9-8-12-10-16(20(3)18-12)14-11-19(2)15-7-5-4-6-13(14)15/h4-7,10-11,17H,8-9H2,1-3H3. The van der Waals surface area contributed by atoms with Gasteiger partial charge in [0.1, 0.15) is 0 Å². The quantitative estimate of drug-likeness (QED) is 0.788. The van der Waals surface area contributed by atoms with Crippen molar-refractivity contribution in [3.05, 3.63) is 42.2 Å². The van der Waals surface area contributed by atoms with Crippen molar-refractivity contribution in [1.82, 2.24) is 19.7 Å². The Hall–Kier alpha value is -2.07. The zero-order chi connectivity index (χ0) is 14.1. The van der Waals surface area contributed by atoms with E-state index in [1.165, 1.54) is 22.2 Å². The van der Waals surface area contributed by atoms with Crippen LogP contribution in [0, 0.1) is 0 Å². The van der Waals surface area contributed by atoms with Crippen molar-refractivity contribution in [3.8, 4) is 11.3 Å². The highest BCUT2D eigenvalue weighted by atomic mass is 15.3. The van der Waals surface area contributed by atoms with Gasteiger partial charge in [-0.05, 0) is 19.2 Å². The molecule has 2 heterocycles. The van der Waals surface area contributed by atoms with Gasteiger partial charge in [-0.15, -0.1) is 0 Å². The second kappa shape index (κ2) is 5.13. The number of likely N-dealkylation sites (N-methyl/N-ethyl adjacent to an activating group) is 1. The van der Waals surface area contributed by atoms with E-state index in [9.17, 15) is 0 Å². The van der Waals surface area contributed by atoms with Gasteiger partial charge in [-0.1, -0.05) is 18.2 Å². The summed E-state index contributed by atoms with van der Waals surface area (Å²) in [6.45, 7) is 0.950. The van der Waals surface area contributed by atoms with Gasteiger partial charge in [0, 0.05) is 49.7 Å². The number of aromatic nitrogens is 3. The van der Waals surface area contributed by atoms with Crippen LogP contribution < -0.4 is 5.32 Å². The van der Waals surface area contributed by atoms with E-state index in [1.54, 1.807) is 0 Å². The molecule has 0 saturated carbocycles. The molecule has 104 valence electrons. The molecule has 0 spiro atoms. The average Bonchev–Trinajstić information content (AvgIpc) is 2.98. The molecule has 1 N–H and O–H groups in total. The summed E-state index contributed by atoms with van der Waals surface area (Å²) in [5, 5.41) is 9.05. The zero-order valence-corrected chi connectivity index (χ0v) is 12.2. The Bertz CT molecular complexity index is 736. The molecule has 0 aliphatic rings. The van der Waals surface area contributed by atoms with Crippen molar-refractivity contribution in [1.29, 1.82) is 0 Å². The molecule has 3 rings (SSSR count). The minimum Gasteiger partial charge on any atom is -0.350 e. The van der Waals surface area contributed by atoms with Crippen molar-refractivity contribution in [3.63, 3.8) is 0 Å². The maximum Gasteiger partial charge on any atom is 0.0703 e. The molecule has 3 aromatic rings. The van der Waals surface area contributed by atoms with Gasteiger partial charge < -0.3 is 9.88 Å². The lowest BCUT2D eigenvalue weighted by atomic mass is 10.1. The van der Waals surface area contributed by atoms with Gasteiger partial charge in [-0.3, -0.25) is 4.68 Å². The molecule has 0 aliphatic carbocycles. The second-order valence-electron chi connectivity index (χ2n) is 5.17. The van der Waals surface area contributed by atoms with Gasteiger partial charge in [0.05, 0.1) is 11.4 Å². The van der Waals surface area contributed by atoms with E-state index in [-0.39, 0.29) is 0 Å². The van der Waals surface area contributed by atoms with Gasteiger partial charge in [-0.2, -0.15) is 5.10 Å². The lowest BCUT2D eigenvalue weighted by Gasteiger charge is -1.99. The second-order valence-corrected chi connectivity index (χ2v) is 5.17. The molecule has 0 aliphatic heterocycles. The SMILES string of the molecule is CNCCc1cc(-c2cn(C)c3ccccc23)n(C)n1. The fourth-order valence-corrected chi connectivity index (χ4v) is 2.70. The van der Waals surface area contributed by atoms with E-state index in [2.05, 4.69) is 58.6 Å². The molecular weight excluding hydrogens is 248 g/mol. The average molecular weight is 268 g/mol. The highest BCUT2D eigenvalue weighted by Crippen LogP contribution is 2.30. The summed E-state index contributed by atoms with van der Waals surface area (Å²) < 4.78 is 4.15. The van der Waals surface area contributed by atoms with Crippen LogP contribution in [0.1, 0.15) is 5.69 Å². The predicted molar refractivity (Wildman–Crippen MR) is 82.8 cm³/mol. The zero-order valence-electron chi connectivity index (χ0n) is 12.2. The van der Waals surface area contributed by atoms with Crippen LogP contribution in [-0.4, -0.2) is 27.9 Å². The van der Waals surface area contributed by atoms with Crippen LogP contribution in [-0.2, 0) is 20.5 Å². The Kier molecular flexibility index (Phi) is 3.32. The van der Waals surface area contributed by atoms with Crippen LogP contribution in [0.3, 0.4) is 0 Å². The van der Waals surface area contributed by atoms with Crippen LogP contribution in [0.2, 0.25) is 0 Å². The molecule has 4 nitrogen and oxygen atoms in total. The number of rotatable bonds is 4. The molecule has 20 heavy (non-hydrogen) atoms. The number of aryl methyl sites for hydroxylation is 2. The van der Waals surface area contributed by atoms with Crippen molar-refractivity contribution < 1.29 is 0 Å². The van der Waals surface area contributed by atoms with E-state index in [0.29, 0.717) is 0 Å². The Morgan fingerprint density at radius 3 is 2.80 bits per heavy atom. The maximum atomic E-state index is 4.61. The molecular formula is C16H20N4. The van der Waals surface area contributed by atoms with E-state index in [1.807, 2.05) is 18.8 Å². The lowest BCUT2D eigenvalue weighted by Crippen LogP contribution is -2.10. The third-order valence-electron chi connectivity index (χ3n) is 3.73. The summed E-state index contributed by atoms with van der Waals surface area (Å²) in [4.78, 5) is 0. The Morgan fingerprint density at radius 2 is 2.00 bits per heavy atom. The summed E-state index contributed by atoms with van der Waals surface area (Å²) in [5.41, 5.74) is 4.80. The van der Waals surface area contributed by atoms with Crippen LogP contribution >= 0.6 is 0 Å².